The second kappa shape index (κ2) is 5.99. The summed E-state index contributed by atoms with van der Waals surface area (Å²) in [4.78, 5) is 0. The Labute approximate surface area is 142 Å². The van der Waals surface area contributed by atoms with Crippen molar-refractivity contribution in [2.75, 3.05) is 7.05 Å². The zero-order valence-corrected chi connectivity index (χ0v) is 14.0. The lowest BCUT2D eigenvalue weighted by Gasteiger charge is -2.17. The van der Waals surface area contributed by atoms with Crippen molar-refractivity contribution in [3.05, 3.63) is 83.4 Å². The third-order valence-electron chi connectivity index (χ3n) is 5.03. The van der Waals surface area contributed by atoms with Crippen LogP contribution in [-0.4, -0.2) is 11.5 Å². The number of fused-ring (bicyclic) bond motifs is 2. The largest absolute Gasteiger partial charge is 0.216 e. The van der Waals surface area contributed by atoms with Crippen LogP contribution in [-0.2, 0) is 6.42 Å². The number of hydrogen-bond acceptors (Lipinski definition) is 1. The van der Waals surface area contributed by atoms with Crippen LogP contribution < -0.4 is 0 Å². The molecule has 3 aromatic rings. The maximum Gasteiger partial charge on any atom is 0.0506 e. The molecule has 0 N–H and O–H groups in total. The summed E-state index contributed by atoms with van der Waals surface area (Å²) >= 11 is 6.29. The molecule has 0 aromatic heterocycles. The molecule has 2 atom stereocenters. The average Bonchev–Trinajstić information content (AvgIpc) is 2.94. The average molecular weight is 322 g/mol. The minimum absolute atomic E-state index is 0.318. The van der Waals surface area contributed by atoms with Gasteiger partial charge in [0.25, 0.3) is 0 Å². The van der Waals surface area contributed by atoms with Crippen molar-refractivity contribution in [2.24, 2.45) is 0 Å². The Bertz CT molecular complexity index is 840. The monoisotopic (exact) mass is 321 g/mol. The lowest BCUT2D eigenvalue weighted by Crippen LogP contribution is -2.12. The highest BCUT2D eigenvalue weighted by molar-refractivity contribution is 6.13. The van der Waals surface area contributed by atoms with Gasteiger partial charge in [-0.25, -0.2) is 4.42 Å². The molecule has 1 aliphatic carbocycles. The van der Waals surface area contributed by atoms with E-state index >= 15 is 0 Å². The van der Waals surface area contributed by atoms with Crippen LogP contribution in [0.25, 0.3) is 10.8 Å². The van der Waals surface area contributed by atoms with Gasteiger partial charge in [0.15, 0.2) is 0 Å². The van der Waals surface area contributed by atoms with Gasteiger partial charge in [-0.2, -0.15) is 0 Å². The first-order valence-corrected chi connectivity index (χ1v) is 8.51. The quantitative estimate of drug-likeness (QED) is 0.559. The number of rotatable bonds is 3. The van der Waals surface area contributed by atoms with Gasteiger partial charge in [0.05, 0.1) is 6.04 Å². The Morgan fingerprint density at radius 1 is 0.913 bits per heavy atom. The van der Waals surface area contributed by atoms with E-state index in [9.17, 15) is 0 Å². The third kappa shape index (κ3) is 2.75. The molecule has 0 saturated carbocycles. The SMILES string of the molecule is CN(Cl)C1CC(Cc2ccc3ccccc3c2)c2ccccc21. The normalized spacial score (nSPS) is 20.1. The first-order chi connectivity index (χ1) is 11.2. The van der Waals surface area contributed by atoms with Crippen molar-refractivity contribution >= 4 is 22.5 Å². The molecule has 2 heteroatoms. The topological polar surface area (TPSA) is 3.24 Å². The summed E-state index contributed by atoms with van der Waals surface area (Å²) in [5.74, 6) is 0.540. The molecule has 0 spiro atoms. The predicted molar refractivity (Wildman–Crippen MR) is 97.8 cm³/mol. The van der Waals surface area contributed by atoms with Crippen LogP contribution in [0.5, 0.6) is 0 Å². The molecule has 1 nitrogen and oxygen atoms in total. The Kier molecular flexibility index (Phi) is 3.84. The Hall–Kier alpha value is -1.83. The molecule has 0 heterocycles. The highest BCUT2D eigenvalue weighted by Gasteiger charge is 2.32. The van der Waals surface area contributed by atoms with E-state index in [1.807, 2.05) is 11.5 Å². The summed E-state index contributed by atoms with van der Waals surface area (Å²) in [6.07, 6.45) is 2.16. The smallest absolute Gasteiger partial charge is 0.0506 e. The summed E-state index contributed by atoms with van der Waals surface area (Å²) in [6, 6.07) is 24.5. The molecule has 4 rings (SSSR count). The first-order valence-electron chi connectivity index (χ1n) is 8.17. The van der Waals surface area contributed by atoms with Crippen molar-refractivity contribution in [3.63, 3.8) is 0 Å². The van der Waals surface area contributed by atoms with Gasteiger partial charge in [0.1, 0.15) is 0 Å². The zero-order chi connectivity index (χ0) is 15.8. The van der Waals surface area contributed by atoms with E-state index in [0.717, 1.165) is 12.8 Å². The van der Waals surface area contributed by atoms with E-state index in [1.165, 1.54) is 27.5 Å². The van der Waals surface area contributed by atoms with Crippen molar-refractivity contribution in [2.45, 2.75) is 24.8 Å². The van der Waals surface area contributed by atoms with Crippen LogP contribution in [0.4, 0.5) is 0 Å². The van der Waals surface area contributed by atoms with Crippen molar-refractivity contribution in [1.82, 2.24) is 4.42 Å². The molecule has 116 valence electrons. The van der Waals surface area contributed by atoms with Crippen molar-refractivity contribution in [3.8, 4) is 0 Å². The molecule has 0 fully saturated rings. The van der Waals surface area contributed by atoms with E-state index in [-0.39, 0.29) is 0 Å². The summed E-state index contributed by atoms with van der Waals surface area (Å²) < 4.78 is 1.83. The minimum atomic E-state index is 0.318. The standard InChI is InChI=1S/C21H20ClN/c1-23(22)21-14-18(19-8-4-5-9-20(19)21)13-15-10-11-16-6-2-3-7-17(16)12-15/h2-12,18,21H,13-14H2,1H3. The highest BCUT2D eigenvalue weighted by atomic mass is 35.5. The molecule has 23 heavy (non-hydrogen) atoms. The van der Waals surface area contributed by atoms with Crippen LogP contribution in [0.3, 0.4) is 0 Å². The Morgan fingerprint density at radius 2 is 1.61 bits per heavy atom. The summed E-state index contributed by atoms with van der Waals surface area (Å²) in [5.41, 5.74) is 4.25. The summed E-state index contributed by atoms with van der Waals surface area (Å²) in [5, 5.41) is 2.63. The van der Waals surface area contributed by atoms with Gasteiger partial charge < -0.3 is 0 Å². The lowest BCUT2D eigenvalue weighted by molar-refractivity contribution is 0.385. The van der Waals surface area contributed by atoms with Crippen LogP contribution in [0.2, 0.25) is 0 Å². The van der Waals surface area contributed by atoms with Crippen LogP contribution in [0, 0.1) is 0 Å². The third-order valence-corrected chi connectivity index (χ3v) is 5.26. The molecule has 2 unspecified atom stereocenters. The molecule has 0 amide bonds. The predicted octanol–water partition coefficient (Wildman–Crippen LogP) is 5.70. The maximum absolute atomic E-state index is 6.29. The first kappa shape index (κ1) is 14.7. The molecule has 3 aromatic carbocycles. The molecular formula is C21H20ClN. The van der Waals surface area contributed by atoms with Crippen molar-refractivity contribution < 1.29 is 0 Å². The summed E-state index contributed by atoms with van der Waals surface area (Å²) in [6.45, 7) is 0. The lowest BCUT2D eigenvalue weighted by atomic mass is 9.92. The second-order valence-electron chi connectivity index (χ2n) is 6.49. The van der Waals surface area contributed by atoms with E-state index in [4.69, 9.17) is 11.8 Å². The zero-order valence-electron chi connectivity index (χ0n) is 13.2. The number of nitrogens with zero attached hydrogens (tertiary/aromatic N) is 1. The fraction of sp³-hybridized carbons (Fsp3) is 0.238. The van der Waals surface area contributed by atoms with Gasteiger partial charge in [0, 0.05) is 7.05 Å². The molecule has 0 aliphatic heterocycles. The fourth-order valence-corrected chi connectivity index (χ4v) is 4.07. The number of benzene rings is 3. The molecule has 0 saturated heterocycles. The van der Waals surface area contributed by atoms with E-state index in [2.05, 4.69) is 66.7 Å². The number of hydrogen-bond donors (Lipinski definition) is 0. The van der Waals surface area contributed by atoms with E-state index < -0.39 is 0 Å². The minimum Gasteiger partial charge on any atom is -0.216 e. The molecular weight excluding hydrogens is 302 g/mol. The van der Waals surface area contributed by atoms with E-state index in [1.54, 1.807) is 0 Å². The second-order valence-corrected chi connectivity index (χ2v) is 7.02. The Balaban J connectivity index is 1.65. The fourth-order valence-electron chi connectivity index (χ4n) is 3.89. The summed E-state index contributed by atoms with van der Waals surface area (Å²) in [7, 11) is 1.96. The van der Waals surface area contributed by atoms with Crippen LogP contribution in [0.15, 0.2) is 66.7 Å². The van der Waals surface area contributed by atoms with Gasteiger partial charge in [-0.3, -0.25) is 0 Å². The Morgan fingerprint density at radius 3 is 2.39 bits per heavy atom. The maximum atomic E-state index is 6.29. The molecule has 1 aliphatic rings. The van der Waals surface area contributed by atoms with E-state index in [0.29, 0.717) is 12.0 Å². The van der Waals surface area contributed by atoms with Gasteiger partial charge in [-0.05, 0) is 58.0 Å². The van der Waals surface area contributed by atoms with Gasteiger partial charge >= 0.3 is 0 Å². The molecule has 0 radical (unpaired) electrons. The highest BCUT2D eigenvalue weighted by Crippen LogP contribution is 2.45. The van der Waals surface area contributed by atoms with Crippen LogP contribution >= 0.6 is 11.8 Å². The number of halogens is 1. The van der Waals surface area contributed by atoms with Gasteiger partial charge in [-0.15, -0.1) is 0 Å². The van der Waals surface area contributed by atoms with Crippen molar-refractivity contribution in [1.29, 1.82) is 0 Å². The van der Waals surface area contributed by atoms with Crippen LogP contribution in [0.1, 0.15) is 35.1 Å². The van der Waals surface area contributed by atoms with Gasteiger partial charge in [0.2, 0.25) is 0 Å². The van der Waals surface area contributed by atoms with Gasteiger partial charge in [-0.1, -0.05) is 66.7 Å². The molecule has 0 bridgehead atoms.